The van der Waals surface area contributed by atoms with Gasteiger partial charge in [0.05, 0.1) is 4.88 Å². The number of hydrogen-bond acceptors (Lipinski definition) is 2. The summed E-state index contributed by atoms with van der Waals surface area (Å²) in [5.41, 5.74) is 5.04. The van der Waals surface area contributed by atoms with Gasteiger partial charge >= 0.3 is 0 Å². The monoisotopic (exact) mass is 231 g/mol. The molecular formula is C10H14ClNOS. The lowest BCUT2D eigenvalue weighted by atomic mass is 9.99. The lowest BCUT2D eigenvalue weighted by Gasteiger charge is -2.08. The van der Waals surface area contributed by atoms with Gasteiger partial charge in [0, 0.05) is 4.88 Å². The SMILES string of the molecule is [Cl-].[NH3+]CC(=O)c1cc2c(s1)CCCC2. The number of carbonyl (C=O) groups excluding carboxylic acids is 1. The summed E-state index contributed by atoms with van der Waals surface area (Å²) in [6, 6.07) is 2.08. The van der Waals surface area contributed by atoms with E-state index in [1.54, 1.807) is 11.3 Å². The molecule has 0 atom stereocenters. The number of carbonyl (C=O) groups is 1. The van der Waals surface area contributed by atoms with Crippen molar-refractivity contribution < 1.29 is 22.9 Å². The number of Topliss-reactive ketones (excluding diaryl/α,β-unsaturated/α-hetero) is 1. The van der Waals surface area contributed by atoms with Crippen LogP contribution in [0.25, 0.3) is 0 Å². The van der Waals surface area contributed by atoms with Crippen molar-refractivity contribution in [3.63, 3.8) is 0 Å². The molecule has 2 nitrogen and oxygen atoms in total. The number of ketones is 1. The molecule has 78 valence electrons. The third-order valence-corrected chi connectivity index (χ3v) is 3.78. The molecule has 1 aliphatic carbocycles. The van der Waals surface area contributed by atoms with Crippen LogP contribution >= 0.6 is 11.3 Å². The molecule has 0 amide bonds. The Hall–Kier alpha value is -0.380. The maximum Gasteiger partial charge on any atom is 0.226 e. The first-order chi connectivity index (χ1) is 6.31. The van der Waals surface area contributed by atoms with Crippen molar-refractivity contribution in [1.29, 1.82) is 0 Å². The van der Waals surface area contributed by atoms with E-state index >= 15 is 0 Å². The highest BCUT2D eigenvalue weighted by Gasteiger charge is 2.16. The van der Waals surface area contributed by atoms with Gasteiger partial charge in [0.2, 0.25) is 5.78 Å². The van der Waals surface area contributed by atoms with Crippen molar-refractivity contribution in [2.45, 2.75) is 25.7 Å². The zero-order chi connectivity index (χ0) is 9.26. The number of hydrogen-bond donors (Lipinski definition) is 1. The normalized spacial score (nSPS) is 14.4. The molecule has 0 spiro atoms. The third-order valence-electron chi connectivity index (χ3n) is 2.50. The molecule has 0 aliphatic heterocycles. The predicted molar refractivity (Wildman–Crippen MR) is 53.0 cm³/mol. The van der Waals surface area contributed by atoms with Gasteiger partial charge in [-0.1, -0.05) is 0 Å². The Labute approximate surface area is 93.9 Å². The highest BCUT2D eigenvalue weighted by atomic mass is 35.5. The smallest absolute Gasteiger partial charge is 0.226 e. The molecule has 0 bridgehead atoms. The predicted octanol–water partition coefficient (Wildman–Crippen LogP) is -1.94. The van der Waals surface area contributed by atoms with Crippen molar-refractivity contribution in [2.24, 2.45) is 0 Å². The minimum Gasteiger partial charge on any atom is -1.00 e. The summed E-state index contributed by atoms with van der Waals surface area (Å²) in [7, 11) is 0. The van der Waals surface area contributed by atoms with Gasteiger partial charge in [-0.15, -0.1) is 11.3 Å². The zero-order valence-corrected chi connectivity index (χ0v) is 9.59. The van der Waals surface area contributed by atoms with Crippen LogP contribution in [0, 0.1) is 0 Å². The number of halogens is 1. The van der Waals surface area contributed by atoms with Crippen LogP contribution in [-0.4, -0.2) is 12.3 Å². The summed E-state index contributed by atoms with van der Waals surface area (Å²) in [4.78, 5) is 13.7. The first-order valence-corrected chi connectivity index (χ1v) is 5.57. The van der Waals surface area contributed by atoms with Crippen molar-refractivity contribution in [2.75, 3.05) is 6.54 Å². The van der Waals surface area contributed by atoms with E-state index in [-0.39, 0.29) is 18.2 Å². The average Bonchev–Trinajstić information content (AvgIpc) is 2.59. The van der Waals surface area contributed by atoms with E-state index in [0.29, 0.717) is 6.54 Å². The summed E-state index contributed by atoms with van der Waals surface area (Å²) in [6.07, 6.45) is 4.90. The van der Waals surface area contributed by atoms with Crippen molar-refractivity contribution in [3.8, 4) is 0 Å². The Kier molecular flexibility index (Phi) is 4.11. The third kappa shape index (κ3) is 2.16. The van der Waals surface area contributed by atoms with Gasteiger partial charge in [0.15, 0.2) is 0 Å². The van der Waals surface area contributed by atoms with E-state index in [1.807, 2.05) is 0 Å². The minimum atomic E-state index is 0. The quantitative estimate of drug-likeness (QED) is 0.592. The number of thiophene rings is 1. The van der Waals surface area contributed by atoms with Crippen molar-refractivity contribution >= 4 is 17.1 Å². The molecular weight excluding hydrogens is 218 g/mol. The first kappa shape index (κ1) is 11.7. The molecule has 4 heteroatoms. The Morgan fingerprint density at radius 2 is 2.14 bits per heavy atom. The van der Waals surface area contributed by atoms with E-state index < -0.39 is 0 Å². The van der Waals surface area contributed by atoms with Crippen LogP contribution in [0.15, 0.2) is 6.07 Å². The van der Waals surface area contributed by atoms with Crippen molar-refractivity contribution in [1.82, 2.24) is 0 Å². The molecule has 1 aliphatic rings. The molecule has 0 fully saturated rings. The van der Waals surface area contributed by atoms with Gasteiger partial charge in [-0.3, -0.25) is 4.79 Å². The summed E-state index contributed by atoms with van der Waals surface area (Å²) >= 11 is 1.68. The summed E-state index contributed by atoms with van der Waals surface area (Å²) < 4.78 is 0. The molecule has 0 radical (unpaired) electrons. The van der Waals surface area contributed by atoms with Crippen LogP contribution in [0.4, 0.5) is 0 Å². The van der Waals surface area contributed by atoms with Crippen LogP contribution in [0.2, 0.25) is 0 Å². The Balaban J connectivity index is 0.000000980. The largest absolute Gasteiger partial charge is 1.00 e. The van der Waals surface area contributed by atoms with Gasteiger partial charge in [-0.05, 0) is 37.3 Å². The molecule has 3 N–H and O–H groups in total. The zero-order valence-electron chi connectivity index (χ0n) is 8.01. The molecule has 1 heterocycles. The van der Waals surface area contributed by atoms with Gasteiger partial charge in [-0.25, -0.2) is 0 Å². The molecule has 0 saturated carbocycles. The van der Waals surface area contributed by atoms with Gasteiger partial charge in [0.1, 0.15) is 6.54 Å². The Morgan fingerprint density at radius 3 is 2.79 bits per heavy atom. The van der Waals surface area contributed by atoms with Gasteiger partial charge in [0.25, 0.3) is 0 Å². The highest BCUT2D eigenvalue weighted by molar-refractivity contribution is 7.14. The number of fused-ring (bicyclic) bond motifs is 1. The fraction of sp³-hybridized carbons (Fsp3) is 0.500. The summed E-state index contributed by atoms with van der Waals surface area (Å²) in [6.45, 7) is 0.388. The number of quaternary nitrogens is 1. The Bertz CT molecular complexity index is 311. The van der Waals surface area contributed by atoms with E-state index in [0.717, 1.165) is 11.3 Å². The van der Waals surface area contributed by atoms with E-state index in [9.17, 15) is 4.79 Å². The van der Waals surface area contributed by atoms with Gasteiger partial charge < -0.3 is 18.1 Å². The molecule has 1 aromatic rings. The highest BCUT2D eigenvalue weighted by Crippen LogP contribution is 2.29. The maximum atomic E-state index is 11.4. The van der Waals surface area contributed by atoms with Crippen LogP contribution < -0.4 is 18.1 Å². The topological polar surface area (TPSA) is 44.7 Å². The molecule has 0 aromatic carbocycles. The Morgan fingerprint density at radius 1 is 1.43 bits per heavy atom. The summed E-state index contributed by atoms with van der Waals surface area (Å²) in [5.74, 6) is 0.194. The average molecular weight is 232 g/mol. The van der Waals surface area contributed by atoms with Crippen LogP contribution in [0.5, 0.6) is 0 Å². The second-order valence-electron chi connectivity index (χ2n) is 3.44. The summed E-state index contributed by atoms with van der Waals surface area (Å²) in [5, 5.41) is 0. The standard InChI is InChI=1S/C10H13NOS.ClH/c11-6-8(12)10-5-7-3-1-2-4-9(7)13-10;/h5H,1-4,6,11H2;1H. The lowest BCUT2D eigenvalue weighted by Crippen LogP contribution is -3.00. The van der Waals surface area contributed by atoms with Gasteiger partial charge in [-0.2, -0.15) is 0 Å². The fourth-order valence-corrected chi connectivity index (χ4v) is 2.97. The molecule has 0 saturated heterocycles. The molecule has 0 unspecified atom stereocenters. The van der Waals surface area contributed by atoms with E-state index in [1.165, 1.54) is 29.7 Å². The first-order valence-electron chi connectivity index (χ1n) is 4.75. The van der Waals surface area contributed by atoms with Crippen LogP contribution in [0.1, 0.15) is 33.0 Å². The fourth-order valence-electron chi connectivity index (χ4n) is 1.75. The van der Waals surface area contributed by atoms with Crippen molar-refractivity contribution in [3.05, 3.63) is 21.4 Å². The second-order valence-corrected chi connectivity index (χ2v) is 4.58. The van der Waals surface area contributed by atoms with Crippen LogP contribution in [-0.2, 0) is 12.8 Å². The minimum absolute atomic E-state index is 0. The van der Waals surface area contributed by atoms with E-state index in [4.69, 9.17) is 0 Å². The maximum absolute atomic E-state index is 11.4. The van der Waals surface area contributed by atoms with E-state index in [2.05, 4.69) is 11.8 Å². The second kappa shape index (κ2) is 4.91. The van der Waals surface area contributed by atoms with Crippen LogP contribution in [0.3, 0.4) is 0 Å². The molecule has 14 heavy (non-hydrogen) atoms. The number of aryl methyl sites for hydroxylation is 2. The lowest BCUT2D eigenvalue weighted by molar-refractivity contribution is -0.349. The molecule has 2 rings (SSSR count). The number of rotatable bonds is 2. The molecule has 1 aromatic heterocycles.